The maximum atomic E-state index is 5.74. The molecule has 0 fully saturated rings. The number of nitrogens with two attached hydrogens (primary N) is 1. The second-order valence-corrected chi connectivity index (χ2v) is 4.44. The molecule has 1 aromatic carbocycles. The van der Waals surface area contributed by atoms with Crippen LogP contribution in [0.25, 0.3) is 0 Å². The fourth-order valence-corrected chi connectivity index (χ4v) is 2.21. The third-order valence-corrected chi connectivity index (χ3v) is 3.29. The number of aryl methyl sites for hydroxylation is 1. The Morgan fingerprint density at radius 2 is 1.95 bits per heavy atom. The molecule has 1 aromatic heterocycles. The maximum absolute atomic E-state index is 5.74. The van der Waals surface area contributed by atoms with Crippen molar-refractivity contribution in [2.45, 2.75) is 13.0 Å². The molecule has 5 heteroatoms. The van der Waals surface area contributed by atoms with E-state index in [4.69, 9.17) is 15.3 Å². The Morgan fingerprint density at radius 1 is 1.15 bits per heavy atom. The molecule has 1 unspecified atom stereocenters. The molecule has 0 aliphatic heterocycles. The molecule has 0 amide bonds. The van der Waals surface area contributed by atoms with Gasteiger partial charge < -0.3 is 9.47 Å². The highest BCUT2D eigenvalue weighted by atomic mass is 16.5. The Balaban J connectivity index is 2.49. The van der Waals surface area contributed by atoms with Crippen molar-refractivity contribution < 1.29 is 9.47 Å². The number of rotatable bonds is 5. The van der Waals surface area contributed by atoms with Gasteiger partial charge in [-0.1, -0.05) is 0 Å². The third-order valence-electron chi connectivity index (χ3n) is 3.29. The monoisotopic (exact) mass is 273 g/mol. The zero-order valence-electron chi connectivity index (χ0n) is 11.9. The van der Waals surface area contributed by atoms with Crippen molar-refractivity contribution in [1.29, 1.82) is 0 Å². The Morgan fingerprint density at radius 3 is 2.55 bits per heavy atom. The van der Waals surface area contributed by atoms with Crippen LogP contribution in [-0.2, 0) is 0 Å². The lowest BCUT2D eigenvalue weighted by Gasteiger charge is -2.21. The summed E-state index contributed by atoms with van der Waals surface area (Å²) in [6.07, 6.45) is 3.57. The van der Waals surface area contributed by atoms with Gasteiger partial charge >= 0.3 is 0 Å². The molecular formula is C15H19N3O2. The van der Waals surface area contributed by atoms with Crippen LogP contribution in [-0.4, -0.2) is 19.2 Å². The van der Waals surface area contributed by atoms with Gasteiger partial charge in [-0.3, -0.25) is 10.8 Å². The number of aromatic nitrogens is 1. The number of methoxy groups -OCH3 is 2. The molecule has 0 saturated heterocycles. The minimum absolute atomic E-state index is 0.168. The molecule has 0 spiro atoms. The Labute approximate surface area is 118 Å². The van der Waals surface area contributed by atoms with Crippen LogP contribution in [0.4, 0.5) is 0 Å². The second kappa shape index (κ2) is 6.36. The molecular weight excluding hydrogens is 254 g/mol. The second-order valence-electron chi connectivity index (χ2n) is 4.44. The van der Waals surface area contributed by atoms with E-state index < -0.39 is 0 Å². The quantitative estimate of drug-likeness (QED) is 0.644. The van der Waals surface area contributed by atoms with Gasteiger partial charge in [0.05, 0.1) is 20.3 Å². The molecule has 2 aromatic rings. The molecule has 1 heterocycles. The molecule has 2 rings (SSSR count). The van der Waals surface area contributed by atoms with E-state index in [9.17, 15) is 0 Å². The van der Waals surface area contributed by atoms with Crippen molar-refractivity contribution in [3.05, 3.63) is 53.3 Å². The zero-order valence-corrected chi connectivity index (χ0v) is 11.9. The van der Waals surface area contributed by atoms with Crippen molar-refractivity contribution in [3.63, 3.8) is 0 Å². The minimum atomic E-state index is -0.168. The molecule has 0 saturated carbocycles. The largest absolute Gasteiger partial charge is 0.497 e. The van der Waals surface area contributed by atoms with Crippen molar-refractivity contribution in [2.75, 3.05) is 14.2 Å². The van der Waals surface area contributed by atoms with Gasteiger partial charge in [0.2, 0.25) is 0 Å². The zero-order chi connectivity index (χ0) is 14.5. The van der Waals surface area contributed by atoms with E-state index in [1.165, 1.54) is 0 Å². The molecule has 0 aliphatic rings. The number of hydrogen-bond acceptors (Lipinski definition) is 5. The highest BCUT2D eigenvalue weighted by Gasteiger charge is 2.19. The summed E-state index contributed by atoms with van der Waals surface area (Å²) in [6, 6.07) is 7.46. The fraction of sp³-hybridized carbons (Fsp3) is 0.267. The van der Waals surface area contributed by atoms with Gasteiger partial charge in [-0.05, 0) is 36.2 Å². The van der Waals surface area contributed by atoms with Crippen LogP contribution < -0.4 is 20.7 Å². The number of hydrogen-bond donors (Lipinski definition) is 2. The van der Waals surface area contributed by atoms with Gasteiger partial charge in [0.1, 0.15) is 11.5 Å². The van der Waals surface area contributed by atoms with Gasteiger partial charge in [-0.2, -0.15) is 0 Å². The normalized spacial score (nSPS) is 12.0. The van der Waals surface area contributed by atoms with Crippen LogP contribution >= 0.6 is 0 Å². The average molecular weight is 273 g/mol. The SMILES string of the molecule is COc1ccc(C(NN)c2ccncc2C)c(OC)c1. The summed E-state index contributed by atoms with van der Waals surface area (Å²) in [5, 5.41) is 0. The molecule has 5 nitrogen and oxygen atoms in total. The fourth-order valence-electron chi connectivity index (χ4n) is 2.21. The molecule has 3 N–H and O–H groups in total. The van der Waals surface area contributed by atoms with E-state index in [0.717, 1.165) is 28.2 Å². The average Bonchev–Trinajstić information content (AvgIpc) is 2.50. The summed E-state index contributed by atoms with van der Waals surface area (Å²) in [6.45, 7) is 2.00. The lowest BCUT2D eigenvalue weighted by atomic mass is 9.96. The molecule has 20 heavy (non-hydrogen) atoms. The molecule has 0 radical (unpaired) electrons. The standard InChI is InChI=1S/C15H19N3O2/c1-10-9-17-7-6-12(10)15(18-16)13-5-4-11(19-2)8-14(13)20-3/h4-9,15,18H,16H2,1-3H3. The van der Waals surface area contributed by atoms with Crippen molar-refractivity contribution in [2.24, 2.45) is 5.84 Å². The summed E-state index contributed by atoms with van der Waals surface area (Å²) in [4.78, 5) is 4.11. The van der Waals surface area contributed by atoms with Gasteiger partial charge in [-0.25, -0.2) is 5.43 Å². The first-order chi connectivity index (χ1) is 9.71. The number of hydrazine groups is 1. The van der Waals surface area contributed by atoms with Gasteiger partial charge in [0.25, 0.3) is 0 Å². The summed E-state index contributed by atoms with van der Waals surface area (Å²) in [5.41, 5.74) is 5.91. The van der Waals surface area contributed by atoms with E-state index in [0.29, 0.717) is 0 Å². The van der Waals surface area contributed by atoms with Crippen LogP contribution in [0.2, 0.25) is 0 Å². The first kappa shape index (κ1) is 14.3. The van der Waals surface area contributed by atoms with E-state index in [1.54, 1.807) is 20.4 Å². The highest BCUT2D eigenvalue weighted by molar-refractivity contribution is 5.46. The van der Waals surface area contributed by atoms with Crippen LogP contribution in [0.3, 0.4) is 0 Å². The Hall–Kier alpha value is -2.11. The Kier molecular flexibility index (Phi) is 4.55. The third kappa shape index (κ3) is 2.74. The topological polar surface area (TPSA) is 69.4 Å². The van der Waals surface area contributed by atoms with Gasteiger partial charge in [-0.15, -0.1) is 0 Å². The summed E-state index contributed by atoms with van der Waals surface area (Å²) in [5.74, 6) is 7.21. The number of nitrogens with zero attached hydrogens (tertiary/aromatic N) is 1. The Bertz CT molecular complexity index is 587. The summed E-state index contributed by atoms with van der Waals surface area (Å²) in [7, 11) is 3.26. The molecule has 106 valence electrons. The smallest absolute Gasteiger partial charge is 0.127 e. The van der Waals surface area contributed by atoms with E-state index in [-0.39, 0.29) is 6.04 Å². The van der Waals surface area contributed by atoms with Crippen LogP contribution in [0.15, 0.2) is 36.7 Å². The highest BCUT2D eigenvalue weighted by Crippen LogP contribution is 2.33. The van der Waals surface area contributed by atoms with Gasteiger partial charge in [0.15, 0.2) is 0 Å². The predicted octanol–water partition coefficient (Wildman–Crippen LogP) is 1.96. The molecule has 0 aliphatic carbocycles. The van der Waals surface area contributed by atoms with E-state index >= 15 is 0 Å². The number of benzene rings is 1. The number of nitrogens with one attached hydrogen (secondary N) is 1. The van der Waals surface area contributed by atoms with E-state index in [2.05, 4.69) is 10.4 Å². The number of pyridine rings is 1. The lowest BCUT2D eigenvalue weighted by Crippen LogP contribution is -2.29. The van der Waals surface area contributed by atoms with Crippen molar-refractivity contribution >= 4 is 0 Å². The minimum Gasteiger partial charge on any atom is -0.497 e. The molecule has 0 bridgehead atoms. The van der Waals surface area contributed by atoms with Crippen molar-refractivity contribution in [3.8, 4) is 11.5 Å². The van der Waals surface area contributed by atoms with Crippen molar-refractivity contribution in [1.82, 2.24) is 10.4 Å². The number of ether oxygens (including phenoxy) is 2. The van der Waals surface area contributed by atoms with Crippen LogP contribution in [0, 0.1) is 6.92 Å². The summed E-state index contributed by atoms with van der Waals surface area (Å²) < 4.78 is 10.7. The van der Waals surface area contributed by atoms with Gasteiger partial charge in [0, 0.05) is 24.0 Å². The summed E-state index contributed by atoms with van der Waals surface area (Å²) >= 11 is 0. The first-order valence-electron chi connectivity index (χ1n) is 6.29. The maximum Gasteiger partial charge on any atom is 0.127 e. The lowest BCUT2D eigenvalue weighted by molar-refractivity contribution is 0.387. The van der Waals surface area contributed by atoms with Crippen LogP contribution in [0.5, 0.6) is 11.5 Å². The molecule has 1 atom stereocenters. The van der Waals surface area contributed by atoms with E-state index in [1.807, 2.05) is 37.4 Å². The first-order valence-corrected chi connectivity index (χ1v) is 6.29. The van der Waals surface area contributed by atoms with Crippen LogP contribution in [0.1, 0.15) is 22.7 Å². The predicted molar refractivity (Wildman–Crippen MR) is 77.7 cm³/mol.